The van der Waals surface area contributed by atoms with Gasteiger partial charge >= 0.3 is 0 Å². The van der Waals surface area contributed by atoms with E-state index in [2.05, 4.69) is 23.9 Å². The van der Waals surface area contributed by atoms with Crippen molar-refractivity contribution in [1.82, 2.24) is 4.98 Å². The molecule has 0 aliphatic carbocycles. The van der Waals surface area contributed by atoms with Crippen LogP contribution in [-0.2, 0) is 14.8 Å². The minimum Gasteiger partial charge on any atom is -0.381 e. The zero-order valence-electron chi connectivity index (χ0n) is 20.4. The molecule has 1 aliphatic heterocycles. The van der Waals surface area contributed by atoms with E-state index < -0.39 is 10.0 Å². The summed E-state index contributed by atoms with van der Waals surface area (Å²) in [4.78, 5) is 6.02. The molecule has 8 heteroatoms. The van der Waals surface area contributed by atoms with Crippen molar-refractivity contribution in [3.63, 3.8) is 0 Å². The summed E-state index contributed by atoms with van der Waals surface area (Å²) in [5.41, 5.74) is 3.79. The van der Waals surface area contributed by atoms with Gasteiger partial charge in [0.05, 0.1) is 21.2 Å². The van der Waals surface area contributed by atoms with E-state index in [1.165, 1.54) is 0 Å². The molecule has 2 N–H and O–H groups in total. The third-order valence-electron chi connectivity index (χ3n) is 6.60. The molecule has 0 radical (unpaired) electrons. The predicted molar refractivity (Wildman–Crippen MR) is 140 cm³/mol. The molecule has 4 rings (SSSR count). The second-order valence-electron chi connectivity index (χ2n) is 9.57. The molecule has 0 unspecified atom stereocenters. The number of ether oxygens (including phenoxy) is 1. The van der Waals surface area contributed by atoms with E-state index >= 15 is 0 Å². The smallest absolute Gasteiger partial charge is 0.262 e. The summed E-state index contributed by atoms with van der Waals surface area (Å²) >= 11 is 1.57. The highest BCUT2D eigenvalue weighted by atomic mass is 32.2. The fraction of sp³-hybridized carbons (Fsp3) is 0.423. The summed E-state index contributed by atoms with van der Waals surface area (Å²) in [5, 5.41) is 4.49. The van der Waals surface area contributed by atoms with E-state index in [9.17, 15) is 8.42 Å². The number of aryl methyl sites for hydroxylation is 3. The van der Waals surface area contributed by atoms with Crippen LogP contribution < -0.4 is 10.0 Å². The Morgan fingerprint density at radius 3 is 2.44 bits per heavy atom. The number of para-hydroxylation sites is 1. The minimum absolute atomic E-state index is 0.107. The van der Waals surface area contributed by atoms with E-state index in [-0.39, 0.29) is 10.4 Å². The van der Waals surface area contributed by atoms with Gasteiger partial charge in [0.15, 0.2) is 5.13 Å². The fourth-order valence-corrected chi connectivity index (χ4v) is 6.96. The van der Waals surface area contributed by atoms with Gasteiger partial charge in [-0.25, -0.2) is 13.4 Å². The number of aromatic nitrogens is 1. The second-order valence-corrected chi connectivity index (χ2v) is 12.2. The van der Waals surface area contributed by atoms with Gasteiger partial charge in [0.2, 0.25) is 0 Å². The number of rotatable bonds is 7. The van der Waals surface area contributed by atoms with Crippen LogP contribution in [0.3, 0.4) is 0 Å². The molecule has 1 aromatic heterocycles. The highest BCUT2D eigenvalue weighted by Crippen LogP contribution is 2.38. The zero-order valence-corrected chi connectivity index (χ0v) is 22.1. The number of hydrogen-bond acceptors (Lipinski definition) is 6. The molecule has 0 spiro atoms. The number of nitrogens with zero attached hydrogens (tertiary/aromatic N) is 1. The van der Waals surface area contributed by atoms with Gasteiger partial charge in [-0.1, -0.05) is 41.7 Å². The molecule has 34 heavy (non-hydrogen) atoms. The summed E-state index contributed by atoms with van der Waals surface area (Å²) < 4.78 is 34.8. The molecule has 1 fully saturated rings. The van der Waals surface area contributed by atoms with Gasteiger partial charge in [0, 0.05) is 18.8 Å². The first kappa shape index (κ1) is 24.7. The normalized spacial score (nSPS) is 15.3. The number of nitrogens with one attached hydrogen (secondary N) is 2. The Morgan fingerprint density at radius 1 is 1.03 bits per heavy atom. The highest BCUT2D eigenvalue weighted by molar-refractivity contribution is 7.92. The Kier molecular flexibility index (Phi) is 7.03. The Hall–Kier alpha value is -2.42. The maximum absolute atomic E-state index is 13.3. The van der Waals surface area contributed by atoms with Gasteiger partial charge in [-0.3, -0.25) is 4.72 Å². The topological polar surface area (TPSA) is 80.3 Å². The van der Waals surface area contributed by atoms with Crippen molar-refractivity contribution in [2.24, 2.45) is 5.92 Å². The molecule has 182 valence electrons. The van der Waals surface area contributed by atoms with E-state index in [0.717, 1.165) is 52.9 Å². The monoisotopic (exact) mass is 499 g/mol. The quantitative estimate of drug-likeness (QED) is 0.407. The maximum atomic E-state index is 13.3. The van der Waals surface area contributed by atoms with Gasteiger partial charge < -0.3 is 10.1 Å². The first-order valence-corrected chi connectivity index (χ1v) is 13.9. The highest BCUT2D eigenvalue weighted by Gasteiger charge is 2.32. The second kappa shape index (κ2) is 9.68. The average Bonchev–Trinajstić information content (AvgIpc) is 3.15. The number of thiazole rings is 1. The summed E-state index contributed by atoms with van der Waals surface area (Å²) in [6.45, 7) is 11.7. The van der Waals surface area contributed by atoms with E-state index in [4.69, 9.17) is 9.72 Å². The van der Waals surface area contributed by atoms with Crippen molar-refractivity contribution < 1.29 is 13.2 Å². The molecule has 2 aromatic carbocycles. The lowest BCUT2D eigenvalue weighted by Crippen LogP contribution is -2.42. The Bertz CT molecular complexity index is 1280. The van der Waals surface area contributed by atoms with Crippen molar-refractivity contribution in [3.05, 3.63) is 59.3 Å². The summed E-state index contributed by atoms with van der Waals surface area (Å²) in [6, 6.07) is 13.0. The molecule has 0 amide bonds. The van der Waals surface area contributed by atoms with Crippen LogP contribution in [0.5, 0.6) is 0 Å². The lowest BCUT2D eigenvalue weighted by molar-refractivity contribution is 0.0491. The summed E-state index contributed by atoms with van der Waals surface area (Å²) in [5.74, 6) is 0.512. The van der Waals surface area contributed by atoms with Crippen molar-refractivity contribution >= 4 is 32.2 Å². The van der Waals surface area contributed by atoms with Crippen molar-refractivity contribution in [2.45, 2.75) is 57.9 Å². The van der Waals surface area contributed by atoms with E-state index in [0.29, 0.717) is 17.2 Å². The average molecular weight is 500 g/mol. The zero-order chi connectivity index (χ0) is 24.5. The van der Waals surface area contributed by atoms with Gasteiger partial charge in [0.1, 0.15) is 0 Å². The summed E-state index contributed by atoms with van der Waals surface area (Å²) in [7, 11) is -3.74. The first-order chi connectivity index (χ1) is 16.1. The van der Waals surface area contributed by atoms with Gasteiger partial charge in [0.25, 0.3) is 10.0 Å². The number of anilines is 2. The van der Waals surface area contributed by atoms with Crippen LogP contribution in [0.2, 0.25) is 0 Å². The molecule has 3 aromatic rings. The van der Waals surface area contributed by atoms with Crippen LogP contribution in [-0.4, -0.2) is 32.2 Å². The molecule has 0 bridgehead atoms. The minimum atomic E-state index is -3.74. The maximum Gasteiger partial charge on any atom is 0.262 e. The molecule has 0 saturated carbocycles. The third kappa shape index (κ3) is 5.29. The van der Waals surface area contributed by atoms with Gasteiger partial charge in [-0.15, -0.1) is 0 Å². The Morgan fingerprint density at radius 2 is 1.74 bits per heavy atom. The first-order valence-electron chi connectivity index (χ1n) is 11.6. The molecule has 1 aliphatic rings. The predicted octanol–water partition coefficient (Wildman–Crippen LogP) is 6.15. The van der Waals surface area contributed by atoms with Crippen LogP contribution in [0.15, 0.2) is 47.4 Å². The van der Waals surface area contributed by atoms with Crippen LogP contribution in [0.4, 0.5) is 10.8 Å². The molecule has 1 saturated heterocycles. The molecule has 0 atom stereocenters. The van der Waals surface area contributed by atoms with Gasteiger partial charge in [-0.05, 0) is 82.2 Å². The SMILES string of the molecule is Cc1ccccc1NS(=O)(=O)c1cc(-c2sc(NC(C)(C)C3CCOCC3)nc2C)ccc1C. The van der Waals surface area contributed by atoms with Crippen molar-refractivity contribution in [1.29, 1.82) is 0 Å². The molecular formula is C26H33N3O3S2. The lowest BCUT2D eigenvalue weighted by atomic mass is 9.82. The van der Waals surface area contributed by atoms with Crippen LogP contribution in [0.1, 0.15) is 43.5 Å². The number of hydrogen-bond donors (Lipinski definition) is 2. The molecule has 2 heterocycles. The van der Waals surface area contributed by atoms with Crippen LogP contribution in [0.25, 0.3) is 10.4 Å². The molecule has 6 nitrogen and oxygen atoms in total. The Balaban J connectivity index is 1.61. The Labute approximate surface area is 206 Å². The third-order valence-corrected chi connectivity index (χ3v) is 9.23. The van der Waals surface area contributed by atoms with E-state index in [1.807, 2.05) is 51.1 Å². The largest absolute Gasteiger partial charge is 0.381 e. The van der Waals surface area contributed by atoms with Gasteiger partial charge in [-0.2, -0.15) is 0 Å². The van der Waals surface area contributed by atoms with E-state index in [1.54, 1.807) is 23.5 Å². The lowest BCUT2D eigenvalue weighted by Gasteiger charge is -2.37. The van der Waals surface area contributed by atoms with Crippen molar-refractivity contribution in [2.75, 3.05) is 23.3 Å². The standard InChI is InChI=1S/C26H33N3O3S2/c1-17-8-6-7-9-22(17)29-34(30,31)23-16-20(11-10-18(23)2)24-19(3)27-25(33-24)28-26(4,5)21-12-14-32-15-13-21/h6-11,16,21,29H,12-15H2,1-5H3,(H,27,28). The van der Waals surface area contributed by atoms with Crippen LogP contribution in [0, 0.1) is 26.7 Å². The van der Waals surface area contributed by atoms with Crippen molar-refractivity contribution in [3.8, 4) is 10.4 Å². The molecular weight excluding hydrogens is 466 g/mol. The van der Waals surface area contributed by atoms with Crippen LogP contribution >= 0.6 is 11.3 Å². The number of benzene rings is 2. The number of sulfonamides is 1. The fourth-order valence-electron chi connectivity index (χ4n) is 4.43. The summed E-state index contributed by atoms with van der Waals surface area (Å²) in [6.07, 6.45) is 2.06.